The monoisotopic (exact) mass is 332 g/mol. The maximum Gasteiger partial charge on any atom is 0.494 e. The summed E-state index contributed by atoms with van der Waals surface area (Å²) < 4.78 is 12.1. The maximum absolute atomic E-state index is 10.8. The number of carbonyl (C=O) groups is 1. The summed E-state index contributed by atoms with van der Waals surface area (Å²) in [5.74, 6) is 0.831. The van der Waals surface area contributed by atoms with Gasteiger partial charge in [0.2, 0.25) is 0 Å². The van der Waals surface area contributed by atoms with Crippen LogP contribution in [0.15, 0.2) is 30.3 Å². The van der Waals surface area contributed by atoms with E-state index in [2.05, 4.69) is 52.0 Å². The van der Waals surface area contributed by atoms with Crippen molar-refractivity contribution >= 4 is 35.5 Å². The molecule has 0 aromatic heterocycles. The molecule has 124 valence electrons. The Morgan fingerprint density at radius 1 is 1.13 bits per heavy atom. The zero-order valence-corrected chi connectivity index (χ0v) is 15.4. The Labute approximate surface area is 144 Å². The van der Waals surface area contributed by atoms with Gasteiger partial charge in [-0.1, -0.05) is 48.2 Å². The van der Waals surface area contributed by atoms with E-state index in [1.54, 1.807) is 6.92 Å². The van der Waals surface area contributed by atoms with E-state index in [-0.39, 0.29) is 23.4 Å². The van der Waals surface area contributed by atoms with Gasteiger partial charge in [0.25, 0.3) is 0 Å². The quantitative estimate of drug-likeness (QED) is 0.609. The van der Waals surface area contributed by atoms with Crippen LogP contribution >= 0.6 is 11.8 Å². The zero-order valence-electron chi connectivity index (χ0n) is 14.6. The van der Waals surface area contributed by atoms with Crippen molar-refractivity contribution in [1.29, 1.82) is 0 Å². The van der Waals surface area contributed by atoms with Gasteiger partial charge in [0, 0.05) is 12.7 Å². The largest absolute Gasteiger partial charge is 0.494 e. The van der Waals surface area contributed by atoms with Crippen molar-refractivity contribution in [3.05, 3.63) is 35.9 Å². The first-order valence-corrected chi connectivity index (χ1v) is 8.95. The van der Waals surface area contributed by atoms with Gasteiger partial charge in [-0.2, -0.15) is 0 Å². The van der Waals surface area contributed by atoms with E-state index in [4.69, 9.17) is 9.31 Å². The van der Waals surface area contributed by atoms with Crippen LogP contribution in [0.3, 0.4) is 0 Å². The van der Waals surface area contributed by atoms with E-state index in [0.29, 0.717) is 0 Å². The normalized spacial score (nSPS) is 19.4. The Bertz CT molecular complexity index is 562. The van der Waals surface area contributed by atoms with E-state index in [1.165, 1.54) is 11.8 Å². The summed E-state index contributed by atoms with van der Waals surface area (Å²) >= 11 is 1.36. The van der Waals surface area contributed by atoms with Gasteiger partial charge in [0.1, 0.15) is 0 Å². The predicted octanol–water partition coefficient (Wildman–Crippen LogP) is 3.67. The second-order valence-corrected chi connectivity index (χ2v) is 8.06. The third kappa shape index (κ3) is 4.72. The minimum atomic E-state index is -0.315. The Hall–Kier alpha value is -1.04. The van der Waals surface area contributed by atoms with Crippen LogP contribution in [0, 0.1) is 0 Å². The average molecular weight is 332 g/mol. The van der Waals surface area contributed by atoms with E-state index >= 15 is 0 Å². The molecule has 0 amide bonds. The topological polar surface area (TPSA) is 35.5 Å². The molecule has 1 heterocycles. The van der Waals surface area contributed by atoms with Crippen molar-refractivity contribution in [2.75, 3.05) is 5.75 Å². The number of allylic oxidation sites excluding steroid dienone is 1. The molecule has 0 aliphatic carbocycles. The molecule has 0 unspecified atom stereocenters. The van der Waals surface area contributed by atoms with Crippen molar-refractivity contribution in [3.63, 3.8) is 0 Å². The van der Waals surface area contributed by atoms with Crippen molar-refractivity contribution in [2.24, 2.45) is 0 Å². The molecule has 0 atom stereocenters. The smallest absolute Gasteiger partial charge is 0.399 e. The Morgan fingerprint density at radius 2 is 1.70 bits per heavy atom. The lowest BCUT2D eigenvalue weighted by atomic mass is 9.79. The van der Waals surface area contributed by atoms with Crippen molar-refractivity contribution in [2.45, 2.75) is 52.2 Å². The van der Waals surface area contributed by atoms with E-state index < -0.39 is 0 Å². The first kappa shape index (κ1) is 18.3. The van der Waals surface area contributed by atoms with Gasteiger partial charge in [-0.15, -0.1) is 0 Å². The van der Waals surface area contributed by atoms with E-state index in [0.717, 1.165) is 23.2 Å². The molecule has 3 nitrogen and oxygen atoms in total. The van der Waals surface area contributed by atoms with E-state index in [1.807, 2.05) is 12.1 Å². The highest BCUT2D eigenvalue weighted by atomic mass is 32.2. The average Bonchev–Trinajstić information content (AvgIpc) is 2.67. The third-order valence-corrected chi connectivity index (χ3v) is 5.21. The Balaban J connectivity index is 1.93. The summed E-state index contributed by atoms with van der Waals surface area (Å²) in [7, 11) is -0.315. The molecule has 0 spiro atoms. The van der Waals surface area contributed by atoms with Crippen LogP contribution in [-0.2, 0) is 14.1 Å². The first-order chi connectivity index (χ1) is 10.7. The lowest BCUT2D eigenvalue weighted by Gasteiger charge is -2.32. The number of carbonyl (C=O) groups excluding carboxylic acids is 1. The highest BCUT2D eigenvalue weighted by Gasteiger charge is 2.51. The summed E-state index contributed by atoms with van der Waals surface area (Å²) in [6.07, 6.45) is 5.07. The second-order valence-electron chi connectivity index (χ2n) is 6.79. The third-order valence-electron chi connectivity index (χ3n) is 4.36. The first-order valence-electron chi connectivity index (χ1n) is 7.97. The van der Waals surface area contributed by atoms with Gasteiger partial charge in [-0.3, -0.25) is 4.79 Å². The molecule has 0 N–H and O–H groups in total. The SMILES string of the molecule is CC(=O)SCCC=Cc1ccc(B2OC(C)(C)C(C)(C)O2)cc1. The maximum atomic E-state index is 10.8. The number of hydrogen-bond donors (Lipinski definition) is 0. The minimum absolute atomic E-state index is 0.171. The number of thioether (sulfide) groups is 1. The molecule has 0 radical (unpaired) electrons. The zero-order chi connectivity index (χ0) is 17.1. The Morgan fingerprint density at radius 3 is 2.22 bits per heavy atom. The standard InChI is InChI=1S/C18H25BO3S/c1-14(20)23-13-7-6-8-15-9-11-16(12-10-15)19-21-17(2,3)18(4,5)22-19/h6,8-12H,7,13H2,1-5H3. The summed E-state index contributed by atoms with van der Waals surface area (Å²) in [6, 6.07) is 8.22. The number of benzene rings is 1. The lowest BCUT2D eigenvalue weighted by molar-refractivity contribution is -0.109. The van der Waals surface area contributed by atoms with E-state index in [9.17, 15) is 4.79 Å². The van der Waals surface area contributed by atoms with Gasteiger partial charge in [0.05, 0.1) is 11.2 Å². The van der Waals surface area contributed by atoms with Crippen LogP contribution in [0.4, 0.5) is 0 Å². The fraction of sp³-hybridized carbons (Fsp3) is 0.500. The van der Waals surface area contributed by atoms with Crippen LogP contribution in [0.1, 0.15) is 46.6 Å². The molecular formula is C18H25BO3S. The molecule has 23 heavy (non-hydrogen) atoms. The molecule has 2 rings (SSSR count). The molecular weight excluding hydrogens is 307 g/mol. The molecule has 1 fully saturated rings. The van der Waals surface area contributed by atoms with Crippen LogP contribution in [-0.4, -0.2) is 29.2 Å². The number of rotatable bonds is 5. The fourth-order valence-electron chi connectivity index (χ4n) is 2.23. The van der Waals surface area contributed by atoms with Gasteiger partial charge in [0.15, 0.2) is 5.12 Å². The van der Waals surface area contributed by atoms with Crippen LogP contribution in [0.5, 0.6) is 0 Å². The molecule has 5 heteroatoms. The molecule has 1 aromatic carbocycles. The van der Waals surface area contributed by atoms with Gasteiger partial charge < -0.3 is 9.31 Å². The summed E-state index contributed by atoms with van der Waals surface area (Å²) in [5, 5.41) is 0.171. The van der Waals surface area contributed by atoms with Crippen LogP contribution in [0.25, 0.3) is 6.08 Å². The Kier molecular flexibility index (Phi) is 5.77. The van der Waals surface area contributed by atoms with Gasteiger partial charge in [-0.25, -0.2) is 0 Å². The summed E-state index contributed by atoms with van der Waals surface area (Å²) in [4.78, 5) is 10.8. The van der Waals surface area contributed by atoms with Gasteiger partial charge in [-0.05, 0) is 45.1 Å². The molecule has 0 saturated carbocycles. The summed E-state index contributed by atoms with van der Waals surface area (Å²) in [5.41, 5.74) is 1.54. The van der Waals surface area contributed by atoms with Crippen LogP contribution < -0.4 is 5.46 Å². The fourth-order valence-corrected chi connectivity index (χ4v) is 2.77. The van der Waals surface area contributed by atoms with Crippen molar-refractivity contribution in [1.82, 2.24) is 0 Å². The molecule has 1 aliphatic rings. The molecule has 1 aliphatic heterocycles. The summed E-state index contributed by atoms with van der Waals surface area (Å²) in [6.45, 7) is 9.83. The van der Waals surface area contributed by atoms with Crippen molar-refractivity contribution < 1.29 is 14.1 Å². The van der Waals surface area contributed by atoms with Crippen LogP contribution in [0.2, 0.25) is 0 Å². The molecule has 1 saturated heterocycles. The highest BCUT2D eigenvalue weighted by Crippen LogP contribution is 2.36. The minimum Gasteiger partial charge on any atom is -0.399 e. The second kappa shape index (κ2) is 7.24. The molecule has 1 aromatic rings. The van der Waals surface area contributed by atoms with Crippen molar-refractivity contribution in [3.8, 4) is 0 Å². The predicted molar refractivity (Wildman–Crippen MR) is 98.9 cm³/mol. The number of hydrogen-bond acceptors (Lipinski definition) is 4. The highest BCUT2D eigenvalue weighted by molar-refractivity contribution is 8.13. The lowest BCUT2D eigenvalue weighted by Crippen LogP contribution is -2.41. The van der Waals surface area contributed by atoms with Gasteiger partial charge >= 0.3 is 7.12 Å². The molecule has 0 bridgehead atoms.